The van der Waals surface area contributed by atoms with Crippen LogP contribution in [0.3, 0.4) is 0 Å². The predicted octanol–water partition coefficient (Wildman–Crippen LogP) is 2.89. The van der Waals surface area contributed by atoms with Crippen molar-refractivity contribution in [2.75, 3.05) is 26.5 Å². The van der Waals surface area contributed by atoms with Crippen LogP contribution in [0, 0.1) is 5.82 Å². The first kappa shape index (κ1) is 19.5. The smallest absolute Gasteiger partial charge is 0.338 e. The highest BCUT2D eigenvalue weighted by Crippen LogP contribution is 2.20. The van der Waals surface area contributed by atoms with E-state index in [0.29, 0.717) is 10.6 Å². The minimum Gasteiger partial charge on any atom is -0.494 e. The minimum absolute atomic E-state index is 0.124. The number of likely N-dealkylation sites (N-methyl/N-ethyl adjacent to an activating group) is 1. The molecule has 0 fully saturated rings. The molecule has 6 nitrogen and oxygen atoms in total. The molecule has 2 N–H and O–H groups in total. The molecule has 0 atom stereocenters. The average molecular weight is 381 g/mol. The van der Waals surface area contributed by atoms with Crippen molar-refractivity contribution in [2.24, 2.45) is 0 Å². The normalized spacial score (nSPS) is 10.3. The van der Waals surface area contributed by atoms with Gasteiger partial charge in [0.2, 0.25) is 0 Å². The number of ether oxygens (including phenoxy) is 2. The molecule has 2 aromatic rings. The van der Waals surface area contributed by atoms with Gasteiger partial charge in [-0.15, -0.1) is 0 Å². The van der Waals surface area contributed by atoms with Crippen molar-refractivity contribution in [3.63, 3.8) is 0 Å². The second kappa shape index (κ2) is 8.53. The number of halogens is 2. The van der Waals surface area contributed by atoms with Crippen molar-refractivity contribution in [3.05, 3.63) is 58.4 Å². The van der Waals surface area contributed by atoms with Gasteiger partial charge in [-0.2, -0.15) is 0 Å². The highest BCUT2D eigenvalue weighted by molar-refractivity contribution is 6.33. The van der Waals surface area contributed by atoms with E-state index in [1.54, 1.807) is 6.07 Å². The summed E-state index contributed by atoms with van der Waals surface area (Å²) in [5.74, 6) is -1.52. The van der Waals surface area contributed by atoms with E-state index in [-0.39, 0.29) is 23.5 Å². The van der Waals surface area contributed by atoms with Crippen molar-refractivity contribution in [1.82, 2.24) is 4.90 Å². The third-order valence-corrected chi connectivity index (χ3v) is 3.96. The summed E-state index contributed by atoms with van der Waals surface area (Å²) in [6.45, 7) is -0.290. The lowest BCUT2D eigenvalue weighted by Crippen LogP contribution is -2.30. The maximum absolute atomic E-state index is 13.7. The minimum atomic E-state index is -0.689. The van der Waals surface area contributed by atoms with E-state index in [0.717, 1.165) is 0 Å². The zero-order chi connectivity index (χ0) is 19.3. The van der Waals surface area contributed by atoms with Gasteiger partial charge in [-0.1, -0.05) is 17.7 Å². The van der Waals surface area contributed by atoms with E-state index in [9.17, 15) is 14.0 Å². The molecule has 0 spiro atoms. The number of nitrogen functional groups attached to an aromatic ring is 1. The van der Waals surface area contributed by atoms with Crippen LogP contribution in [0.4, 0.5) is 10.1 Å². The fraction of sp³-hybridized carbons (Fsp3) is 0.222. The maximum atomic E-state index is 13.7. The molecule has 8 heteroatoms. The van der Waals surface area contributed by atoms with E-state index in [1.165, 1.54) is 49.4 Å². The molecule has 0 aliphatic carbocycles. The second-order valence-corrected chi connectivity index (χ2v) is 5.94. The van der Waals surface area contributed by atoms with E-state index in [2.05, 4.69) is 0 Å². The highest BCUT2D eigenvalue weighted by atomic mass is 35.5. The SMILES string of the molecule is COc1ccc(CN(C)C(=O)COC(=O)c2ccc(Cl)c(N)c2)cc1F. The monoisotopic (exact) mass is 380 g/mol. The second-order valence-electron chi connectivity index (χ2n) is 5.53. The molecule has 2 rings (SSSR count). The van der Waals surface area contributed by atoms with Crippen LogP contribution in [-0.2, 0) is 16.1 Å². The molecule has 0 saturated carbocycles. The Morgan fingerprint density at radius 2 is 1.96 bits per heavy atom. The molecule has 0 saturated heterocycles. The zero-order valence-corrected chi connectivity index (χ0v) is 15.0. The number of rotatable bonds is 6. The molecule has 0 radical (unpaired) electrons. The summed E-state index contributed by atoms with van der Waals surface area (Å²) in [4.78, 5) is 25.4. The third-order valence-electron chi connectivity index (χ3n) is 3.62. The molecule has 2 aromatic carbocycles. The van der Waals surface area contributed by atoms with Crippen LogP contribution >= 0.6 is 11.6 Å². The molecule has 0 heterocycles. The number of hydrogen-bond acceptors (Lipinski definition) is 5. The van der Waals surface area contributed by atoms with Gasteiger partial charge in [0.1, 0.15) is 0 Å². The highest BCUT2D eigenvalue weighted by Gasteiger charge is 2.15. The van der Waals surface area contributed by atoms with Gasteiger partial charge in [0.15, 0.2) is 18.2 Å². The van der Waals surface area contributed by atoms with Gasteiger partial charge < -0.3 is 20.1 Å². The molecule has 0 aliphatic heterocycles. The van der Waals surface area contributed by atoms with Crippen LogP contribution < -0.4 is 10.5 Å². The Morgan fingerprint density at radius 1 is 1.23 bits per heavy atom. The van der Waals surface area contributed by atoms with E-state index in [1.807, 2.05) is 0 Å². The number of anilines is 1. The number of amides is 1. The zero-order valence-electron chi connectivity index (χ0n) is 14.3. The quantitative estimate of drug-likeness (QED) is 0.615. The molecule has 1 amide bonds. The Balaban J connectivity index is 1.91. The molecule has 26 heavy (non-hydrogen) atoms. The van der Waals surface area contributed by atoms with Crippen molar-refractivity contribution in [1.29, 1.82) is 0 Å². The number of nitrogens with zero attached hydrogens (tertiary/aromatic N) is 1. The molecule has 0 aromatic heterocycles. The number of nitrogens with two attached hydrogens (primary N) is 1. The summed E-state index contributed by atoms with van der Waals surface area (Å²) in [7, 11) is 2.90. The molecule has 138 valence electrons. The van der Waals surface area contributed by atoms with E-state index in [4.69, 9.17) is 26.8 Å². The molecular formula is C18H18ClFN2O4. The standard InChI is InChI=1S/C18H18ClFN2O4/c1-22(9-11-3-6-16(25-2)14(20)7-11)17(23)10-26-18(24)12-4-5-13(19)15(21)8-12/h3-8H,9-10,21H2,1-2H3. The molecule has 0 aliphatic rings. The number of hydrogen-bond donors (Lipinski definition) is 1. The molecule has 0 bridgehead atoms. The Morgan fingerprint density at radius 3 is 2.58 bits per heavy atom. The van der Waals surface area contributed by atoms with Crippen molar-refractivity contribution >= 4 is 29.2 Å². The van der Waals surface area contributed by atoms with Crippen LogP contribution in [0.2, 0.25) is 5.02 Å². The van der Waals surface area contributed by atoms with Gasteiger partial charge in [-0.05, 0) is 35.9 Å². The number of methoxy groups -OCH3 is 1. The lowest BCUT2D eigenvalue weighted by atomic mass is 10.2. The van der Waals surface area contributed by atoms with Crippen molar-refractivity contribution in [3.8, 4) is 5.75 Å². The largest absolute Gasteiger partial charge is 0.494 e. The molecular weight excluding hydrogens is 363 g/mol. The third kappa shape index (κ3) is 4.86. The number of carbonyl (C=O) groups excluding carboxylic acids is 2. The van der Waals surface area contributed by atoms with Crippen LogP contribution in [-0.4, -0.2) is 37.5 Å². The van der Waals surface area contributed by atoms with Gasteiger partial charge in [-0.3, -0.25) is 4.79 Å². The first-order chi connectivity index (χ1) is 12.3. The summed E-state index contributed by atoms with van der Waals surface area (Å²) >= 11 is 5.79. The van der Waals surface area contributed by atoms with Gasteiger partial charge in [0.25, 0.3) is 5.91 Å². The number of benzene rings is 2. The number of carbonyl (C=O) groups is 2. The topological polar surface area (TPSA) is 81.9 Å². The fourth-order valence-electron chi connectivity index (χ4n) is 2.16. The summed E-state index contributed by atoms with van der Waals surface area (Å²) < 4.78 is 23.5. The first-order valence-corrected chi connectivity index (χ1v) is 7.98. The van der Waals surface area contributed by atoms with Crippen molar-refractivity contribution in [2.45, 2.75) is 6.54 Å². The van der Waals surface area contributed by atoms with Crippen LogP contribution in [0.15, 0.2) is 36.4 Å². The molecule has 0 unspecified atom stereocenters. The van der Waals surface area contributed by atoms with Crippen LogP contribution in [0.25, 0.3) is 0 Å². The van der Waals surface area contributed by atoms with Crippen LogP contribution in [0.5, 0.6) is 5.75 Å². The summed E-state index contributed by atoms with van der Waals surface area (Å²) in [6, 6.07) is 8.71. The number of esters is 1. The van der Waals surface area contributed by atoms with E-state index >= 15 is 0 Å². The summed E-state index contributed by atoms with van der Waals surface area (Å²) in [5.41, 5.74) is 6.64. The lowest BCUT2D eigenvalue weighted by Gasteiger charge is -2.17. The first-order valence-electron chi connectivity index (χ1n) is 7.60. The van der Waals surface area contributed by atoms with Gasteiger partial charge >= 0.3 is 5.97 Å². The Labute approximate surface area is 155 Å². The maximum Gasteiger partial charge on any atom is 0.338 e. The van der Waals surface area contributed by atoms with Gasteiger partial charge in [-0.25, -0.2) is 9.18 Å². The Bertz CT molecular complexity index is 829. The summed E-state index contributed by atoms with van der Waals surface area (Å²) in [6.07, 6.45) is 0. The van der Waals surface area contributed by atoms with E-state index < -0.39 is 24.3 Å². The van der Waals surface area contributed by atoms with Gasteiger partial charge in [0.05, 0.1) is 23.4 Å². The van der Waals surface area contributed by atoms with Crippen LogP contribution in [0.1, 0.15) is 15.9 Å². The summed E-state index contributed by atoms with van der Waals surface area (Å²) in [5, 5.41) is 0.323. The average Bonchev–Trinajstić information content (AvgIpc) is 2.61. The fourth-order valence-corrected chi connectivity index (χ4v) is 2.28. The Kier molecular flexibility index (Phi) is 6.41. The predicted molar refractivity (Wildman–Crippen MR) is 95.6 cm³/mol. The lowest BCUT2D eigenvalue weighted by molar-refractivity contribution is -0.133. The Hall–Kier alpha value is -2.80. The van der Waals surface area contributed by atoms with Crippen molar-refractivity contribution < 1.29 is 23.5 Å². The van der Waals surface area contributed by atoms with Gasteiger partial charge in [0, 0.05) is 13.6 Å².